The Bertz CT molecular complexity index is 1080. The largest absolute Gasteiger partial charge is 0.491 e. The van der Waals surface area contributed by atoms with Crippen molar-refractivity contribution >= 4 is 5.91 Å². The van der Waals surface area contributed by atoms with Gasteiger partial charge in [0.05, 0.1) is 19.2 Å². The van der Waals surface area contributed by atoms with Crippen molar-refractivity contribution in [1.29, 1.82) is 0 Å². The quantitative estimate of drug-likeness (QED) is 0.624. The number of aromatic nitrogens is 3. The molecule has 160 valence electrons. The van der Waals surface area contributed by atoms with E-state index in [9.17, 15) is 9.18 Å². The van der Waals surface area contributed by atoms with Gasteiger partial charge in [-0.2, -0.15) is 0 Å². The maximum absolute atomic E-state index is 14.0. The van der Waals surface area contributed by atoms with Crippen LogP contribution in [-0.2, 0) is 0 Å². The Morgan fingerprint density at radius 1 is 1.16 bits per heavy atom. The highest BCUT2D eigenvalue weighted by atomic mass is 19.1. The Hall–Kier alpha value is -3.55. The third kappa shape index (κ3) is 4.47. The third-order valence-electron chi connectivity index (χ3n) is 5.24. The van der Waals surface area contributed by atoms with Gasteiger partial charge in [-0.25, -0.2) is 19.3 Å². The number of benzene rings is 1. The van der Waals surface area contributed by atoms with Gasteiger partial charge in [0.25, 0.3) is 11.8 Å². The van der Waals surface area contributed by atoms with Crippen molar-refractivity contribution in [2.45, 2.75) is 25.9 Å². The first kappa shape index (κ1) is 20.7. The maximum atomic E-state index is 14.0. The predicted octanol–water partition coefficient (Wildman–Crippen LogP) is 3.68. The summed E-state index contributed by atoms with van der Waals surface area (Å²) in [6.07, 6.45) is 6.14. The summed E-state index contributed by atoms with van der Waals surface area (Å²) in [7, 11) is 1.57. The Morgan fingerprint density at radius 3 is 2.74 bits per heavy atom. The highest BCUT2D eigenvalue weighted by Gasteiger charge is 2.29. The number of ether oxygens (including phenoxy) is 2. The van der Waals surface area contributed by atoms with Crippen molar-refractivity contribution < 1.29 is 18.7 Å². The molecule has 1 saturated heterocycles. The van der Waals surface area contributed by atoms with Crippen LogP contribution in [0.2, 0.25) is 0 Å². The zero-order valence-corrected chi connectivity index (χ0v) is 17.4. The zero-order valence-electron chi connectivity index (χ0n) is 17.4. The van der Waals surface area contributed by atoms with E-state index in [4.69, 9.17) is 9.47 Å². The number of likely N-dealkylation sites (tertiary alicyclic amines) is 1. The molecule has 0 saturated carbocycles. The molecule has 1 amide bonds. The molecule has 1 atom stereocenters. The molecule has 0 spiro atoms. The topological polar surface area (TPSA) is 77.4 Å². The van der Waals surface area contributed by atoms with Gasteiger partial charge >= 0.3 is 0 Å². The van der Waals surface area contributed by atoms with E-state index in [1.54, 1.807) is 36.7 Å². The van der Waals surface area contributed by atoms with Crippen LogP contribution in [0, 0.1) is 12.7 Å². The molecular weight excluding hydrogens is 399 g/mol. The molecule has 1 fully saturated rings. The SMILES string of the molecule is COc1c(C)ccnc1O[C@@H]1CCCN(C(=O)c2cc(F)ccc2-c2ncccn2)C1. The van der Waals surface area contributed by atoms with E-state index in [1.165, 1.54) is 18.2 Å². The van der Waals surface area contributed by atoms with Gasteiger partial charge in [0, 0.05) is 30.7 Å². The Morgan fingerprint density at radius 2 is 1.97 bits per heavy atom. The fourth-order valence-electron chi connectivity index (χ4n) is 3.73. The van der Waals surface area contributed by atoms with Crippen molar-refractivity contribution in [3.05, 3.63) is 65.9 Å². The van der Waals surface area contributed by atoms with Gasteiger partial charge in [0.1, 0.15) is 11.9 Å². The van der Waals surface area contributed by atoms with Crippen molar-refractivity contribution in [2.24, 2.45) is 0 Å². The molecule has 3 heterocycles. The van der Waals surface area contributed by atoms with E-state index in [1.807, 2.05) is 13.0 Å². The Labute approximate surface area is 179 Å². The summed E-state index contributed by atoms with van der Waals surface area (Å²) in [6, 6.07) is 7.62. The normalized spacial score (nSPS) is 16.1. The third-order valence-corrected chi connectivity index (χ3v) is 5.24. The molecule has 7 nitrogen and oxygen atoms in total. The minimum atomic E-state index is -0.485. The van der Waals surface area contributed by atoms with E-state index in [-0.39, 0.29) is 17.6 Å². The van der Waals surface area contributed by atoms with Crippen LogP contribution in [0.3, 0.4) is 0 Å². The summed E-state index contributed by atoms with van der Waals surface area (Å²) in [5.41, 5.74) is 1.65. The molecule has 1 aliphatic rings. The smallest absolute Gasteiger partial charge is 0.257 e. The first-order chi connectivity index (χ1) is 15.1. The number of nitrogens with zero attached hydrogens (tertiary/aromatic N) is 4. The van der Waals surface area contributed by atoms with E-state index in [2.05, 4.69) is 15.0 Å². The number of halogens is 1. The Balaban J connectivity index is 1.56. The van der Waals surface area contributed by atoms with Crippen molar-refractivity contribution in [1.82, 2.24) is 19.9 Å². The summed E-state index contributed by atoms with van der Waals surface area (Å²) >= 11 is 0. The monoisotopic (exact) mass is 422 g/mol. The van der Waals surface area contributed by atoms with E-state index in [0.717, 1.165) is 18.4 Å². The second-order valence-electron chi connectivity index (χ2n) is 7.36. The molecule has 0 bridgehead atoms. The number of rotatable bonds is 5. The van der Waals surface area contributed by atoms with Gasteiger partial charge in [-0.3, -0.25) is 4.79 Å². The lowest BCUT2D eigenvalue weighted by molar-refractivity contribution is 0.0521. The van der Waals surface area contributed by atoms with Crippen LogP contribution >= 0.6 is 0 Å². The molecular formula is C23H23FN4O3. The van der Waals surface area contributed by atoms with E-state index >= 15 is 0 Å². The molecule has 8 heteroatoms. The molecule has 0 radical (unpaired) electrons. The summed E-state index contributed by atoms with van der Waals surface area (Å²) in [4.78, 5) is 27.7. The van der Waals surface area contributed by atoms with Crippen LogP contribution in [0.15, 0.2) is 48.9 Å². The lowest BCUT2D eigenvalue weighted by Crippen LogP contribution is -2.44. The summed E-state index contributed by atoms with van der Waals surface area (Å²) in [6.45, 7) is 2.84. The van der Waals surface area contributed by atoms with Gasteiger partial charge in [-0.05, 0) is 55.7 Å². The summed E-state index contributed by atoms with van der Waals surface area (Å²) in [5.74, 6) is 0.607. The minimum Gasteiger partial charge on any atom is -0.491 e. The minimum absolute atomic E-state index is 0.234. The average Bonchev–Trinajstić information content (AvgIpc) is 2.79. The predicted molar refractivity (Wildman–Crippen MR) is 113 cm³/mol. The number of hydrogen-bond acceptors (Lipinski definition) is 6. The number of hydrogen-bond donors (Lipinski definition) is 0. The Kier molecular flexibility index (Phi) is 6.06. The van der Waals surface area contributed by atoms with E-state index in [0.29, 0.717) is 36.1 Å². The van der Waals surface area contributed by atoms with Gasteiger partial charge < -0.3 is 14.4 Å². The van der Waals surface area contributed by atoms with Gasteiger partial charge in [0.2, 0.25) is 0 Å². The molecule has 0 aliphatic carbocycles. The lowest BCUT2D eigenvalue weighted by atomic mass is 10.0. The molecule has 4 rings (SSSR count). The number of carbonyl (C=O) groups excluding carboxylic acids is 1. The molecule has 0 unspecified atom stereocenters. The molecule has 3 aromatic rings. The van der Waals surface area contributed by atoms with Gasteiger partial charge in [-0.1, -0.05) is 0 Å². The van der Waals surface area contributed by atoms with Crippen LogP contribution in [0.25, 0.3) is 11.4 Å². The molecule has 0 N–H and O–H groups in total. The maximum Gasteiger partial charge on any atom is 0.257 e. The molecule has 31 heavy (non-hydrogen) atoms. The van der Waals surface area contributed by atoms with Crippen molar-refractivity contribution in [3.63, 3.8) is 0 Å². The molecule has 1 aromatic carbocycles. The molecule has 2 aromatic heterocycles. The average molecular weight is 422 g/mol. The van der Waals surface area contributed by atoms with Gasteiger partial charge in [-0.15, -0.1) is 0 Å². The highest BCUT2D eigenvalue weighted by molar-refractivity contribution is 6.00. The fourth-order valence-corrected chi connectivity index (χ4v) is 3.73. The fraction of sp³-hybridized carbons (Fsp3) is 0.304. The van der Waals surface area contributed by atoms with Crippen LogP contribution in [0.1, 0.15) is 28.8 Å². The first-order valence-corrected chi connectivity index (χ1v) is 10.1. The lowest BCUT2D eigenvalue weighted by Gasteiger charge is -2.33. The number of methoxy groups -OCH3 is 1. The second kappa shape index (κ2) is 9.07. The standard InChI is InChI=1S/C23H23FN4O3/c1-15-8-11-27-22(20(15)30-2)31-17-5-3-12-28(14-17)23(29)19-13-16(24)6-7-18(19)21-25-9-4-10-26-21/h4,6-11,13,17H,3,5,12,14H2,1-2H3/t17-/m1/s1. The van der Waals surface area contributed by atoms with E-state index < -0.39 is 5.82 Å². The number of pyridine rings is 1. The van der Waals surface area contributed by atoms with Gasteiger partial charge in [0.15, 0.2) is 11.6 Å². The van der Waals surface area contributed by atoms with Crippen LogP contribution < -0.4 is 9.47 Å². The number of carbonyl (C=O) groups is 1. The number of piperidine rings is 1. The summed E-state index contributed by atoms with van der Waals surface area (Å²) < 4.78 is 25.5. The van der Waals surface area contributed by atoms with Crippen molar-refractivity contribution in [2.75, 3.05) is 20.2 Å². The van der Waals surface area contributed by atoms with Crippen molar-refractivity contribution in [3.8, 4) is 23.0 Å². The zero-order chi connectivity index (χ0) is 21.8. The number of amides is 1. The summed E-state index contributed by atoms with van der Waals surface area (Å²) in [5, 5.41) is 0. The van der Waals surface area contributed by atoms with Crippen LogP contribution in [0.4, 0.5) is 4.39 Å². The first-order valence-electron chi connectivity index (χ1n) is 10.1. The highest BCUT2D eigenvalue weighted by Crippen LogP contribution is 2.30. The van der Waals surface area contributed by atoms with Crippen LogP contribution in [-0.4, -0.2) is 52.1 Å². The second-order valence-corrected chi connectivity index (χ2v) is 7.36. The number of aryl methyl sites for hydroxylation is 1. The van der Waals surface area contributed by atoms with Crippen LogP contribution in [0.5, 0.6) is 11.6 Å². The molecule has 1 aliphatic heterocycles.